The van der Waals surface area contributed by atoms with E-state index in [1.807, 2.05) is 12.4 Å². The van der Waals surface area contributed by atoms with E-state index in [9.17, 15) is 4.79 Å². The van der Waals surface area contributed by atoms with Crippen LogP contribution in [-0.4, -0.2) is 35.6 Å². The number of hydrogen-bond donors (Lipinski definition) is 2. The van der Waals surface area contributed by atoms with E-state index in [2.05, 4.69) is 22.1 Å². The summed E-state index contributed by atoms with van der Waals surface area (Å²) in [4.78, 5) is 16.4. The van der Waals surface area contributed by atoms with Gasteiger partial charge in [-0.25, -0.2) is 0 Å². The molecule has 2 rings (SSSR count). The fourth-order valence-corrected chi connectivity index (χ4v) is 2.90. The Morgan fingerprint density at radius 2 is 2.50 bits per heavy atom. The summed E-state index contributed by atoms with van der Waals surface area (Å²) in [6.45, 7) is 4.23. The molecule has 2 atom stereocenters. The lowest BCUT2D eigenvalue weighted by Crippen LogP contribution is -2.46. The van der Waals surface area contributed by atoms with Crippen LogP contribution in [0.4, 0.5) is 0 Å². The number of thiazole rings is 1. The summed E-state index contributed by atoms with van der Waals surface area (Å²) in [7, 11) is 2.03. The second-order valence-corrected chi connectivity index (χ2v) is 5.35. The number of nitrogens with zero attached hydrogens (tertiary/aromatic N) is 1. The SMILES string of the molecule is CNC1CCN(Cc2csc(=O)[nH]2)C(C)C1. The van der Waals surface area contributed by atoms with Crippen molar-refractivity contribution in [3.63, 3.8) is 0 Å². The molecule has 90 valence electrons. The minimum Gasteiger partial charge on any atom is -0.317 e. The summed E-state index contributed by atoms with van der Waals surface area (Å²) >= 11 is 1.25. The molecule has 2 unspecified atom stereocenters. The van der Waals surface area contributed by atoms with Gasteiger partial charge in [-0.1, -0.05) is 11.3 Å². The van der Waals surface area contributed by atoms with E-state index in [1.54, 1.807) is 0 Å². The zero-order valence-electron chi connectivity index (χ0n) is 9.82. The highest BCUT2D eigenvalue weighted by molar-refractivity contribution is 7.07. The molecule has 0 aromatic carbocycles. The lowest BCUT2D eigenvalue weighted by molar-refractivity contribution is 0.130. The molecule has 1 saturated heterocycles. The molecule has 4 nitrogen and oxygen atoms in total. The van der Waals surface area contributed by atoms with Crippen LogP contribution in [0.1, 0.15) is 25.5 Å². The second-order valence-electron chi connectivity index (χ2n) is 4.50. The highest BCUT2D eigenvalue weighted by Crippen LogP contribution is 2.19. The van der Waals surface area contributed by atoms with Crippen LogP contribution in [0.15, 0.2) is 10.2 Å². The second kappa shape index (κ2) is 5.12. The number of nitrogens with one attached hydrogen (secondary N) is 2. The predicted molar refractivity (Wildman–Crippen MR) is 66.9 cm³/mol. The molecular formula is C11H19N3OS. The first-order valence-electron chi connectivity index (χ1n) is 5.77. The zero-order valence-corrected chi connectivity index (χ0v) is 10.6. The summed E-state index contributed by atoms with van der Waals surface area (Å²) in [6.07, 6.45) is 2.38. The van der Waals surface area contributed by atoms with Crippen LogP contribution in [0.25, 0.3) is 0 Å². The average Bonchev–Trinajstić information content (AvgIpc) is 2.67. The van der Waals surface area contributed by atoms with Crippen molar-refractivity contribution in [2.24, 2.45) is 0 Å². The summed E-state index contributed by atoms with van der Waals surface area (Å²) in [5.74, 6) is 0. The first-order chi connectivity index (χ1) is 7.69. The molecule has 5 heteroatoms. The van der Waals surface area contributed by atoms with Gasteiger partial charge in [0.25, 0.3) is 0 Å². The van der Waals surface area contributed by atoms with Crippen LogP contribution in [0.2, 0.25) is 0 Å². The van der Waals surface area contributed by atoms with Gasteiger partial charge in [0.2, 0.25) is 0 Å². The number of aromatic nitrogens is 1. The number of aromatic amines is 1. The van der Waals surface area contributed by atoms with Crippen molar-refractivity contribution >= 4 is 11.3 Å². The van der Waals surface area contributed by atoms with Crippen molar-refractivity contribution in [3.8, 4) is 0 Å². The van der Waals surface area contributed by atoms with Gasteiger partial charge in [0.05, 0.1) is 0 Å². The molecule has 0 spiro atoms. The molecule has 1 fully saturated rings. The summed E-state index contributed by atoms with van der Waals surface area (Å²) in [5.41, 5.74) is 1.05. The number of H-pyrrole nitrogens is 1. The Balaban J connectivity index is 1.93. The predicted octanol–water partition coefficient (Wildman–Crippen LogP) is 1.01. The highest BCUT2D eigenvalue weighted by Gasteiger charge is 2.24. The van der Waals surface area contributed by atoms with E-state index in [0.717, 1.165) is 18.8 Å². The standard InChI is InChI=1S/C11H19N3OS/c1-8-5-9(12-2)3-4-14(8)6-10-7-16-11(15)13-10/h7-9,12H,3-6H2,1-2H3,(H,13,15). The normalized spacial score (nSPS) is 27.1. The highest BCUT2D eigenvalue weighted by atomic mass is 32.1. The maximum absolute atomic E-state index is 11.0. The Labute approximate surface area is 99.7 Å². The molecule has 0 amide bonds. The molecular weight excluding hydrogens is 222 g/mol. The van der Waals surface area contributed by atoms with Crippen LogP contribution >= 0.6 is 11.3 Å². The van der Waals surface area contributed by atoms with Gasteiger partial charge < -0.3 is 10.3 Å². The molecule has 1 aromatic heterocycles. The van der Waals surface area contributed by atoms with Gasteiger partial charge in [-0.15, -0.1) is 0 Å². The molecule has 2 heterocycles. The Bertz CT molecular complexity index is 387. The minimum atomic E-state index is 0.0489. The van der Waals surface area contributed by atoms with Crippen molar-refractivity contribution in [2.45, 2.75) is 38.4 Å². The molecule has 0 saturated carbocycles. The summed E-state index contributed by atoms with van der Waals surface area (Å²) < 4.78 is 0. The van der Waals surface area contributed by atoms with Crippen molar-refractivity contribution in [2.75, 3.05) is 13.6 Å². The third kappa shape index (κ3) is 2.72. The summed E-state index contributed by atoms with van der Waals surface area (Å²) in [5, 5.41) is 5.27. The van der Waals surface area contributed by atoms with Gasteiger partial charge in [0, 0.05) is 36.2 Å². The maximum Gasteiger partial charge on any atom is 0.304 e. The Hall–Kier alpha value is -0.650. The van der Waals surface area contributed by atoms with Gasteiger partial charge >= 0.3 is 4.87 Å². The van der Waals surface area contributed by atoms with Gasteiger partial charge in [-0.05, 0) is 26.8 Å². The zero-order chi connectivity index (χ0) is 11.5. The maximum atomic E-state index is 11.0. The lowest BCUT2D eigenvalue weighted by atomic mass is 9.98. The van der Waals surface area contributed by atoms with E-state index in [4.69, 9.17) is 0 Å². The molecule has 1 aliphatic heterocycles. The fourth-order valence-electron chi connectivity index (χ4n) is 2.33. The van der Waals surface area contributed by atoms with Crippen molar-refractivity contribution in [1.29, 1.82) is 0 Å². The first-order valence-corrected chi connectivity index (χ1v) is 6.65. The molecule has 2 N–H and O–H groups in total. The molecule has 1 aromatic rings. The van der Waals surface area contributed by atoms with E-state index >= 15 is 0 Å². The third-order valence-corrected chi connectivity index (χ3v) is 4.08. The van der Waals surface area contributed by atoms with E-state index < -0.39 is 0 Å². The molecule has 0 radical (unpaired) electrons. The lowest BCUT2D eigenvalue weighted by Gasteiger charge is -2.37. The fraction of sp³-hybridized carbons (Fsp3) is 0.727. The number of hydrogen-bond acceptors (Lipinski definition) is 4. The summed E-state index contributed by atoms with van der Waals surface area (Å²) in [6, 6.07) is 1.22. The van der Waals surface area contributed by atoms with Crippen LogP contribution in [0, 0.1) is 0 Å². The van der Waals surface area contributed by atoms with Gasteiger partial charge in [-0.2, -0.15) is 0 Å². The van der Waals surface area contributed by atoms with Crippen LogP contribution in [-0.2, 0) is 6.54 Å². The Morgan fingerprint density at radius 1 is 1.69 bits per heavy atom. The van der Waals surface area contributed by atoms with Gasteiger partial charge in [0.1, 0.15) is 0 Å². The molecule has 1 aliphatic rings. The minimum absolute atomic E-state index is 0.0489. The van der Waals surface area contributed by atoms with E-state index in [0.29, 0.717) is 12.1 Å². The molecule has 0 bridgehead atoms. The third-order valence-electron chi connectivity index (χ3n) is 3.37. The number of likely N-dealkylation sites (tertiary alicyclic amines) is 1. The van der Waals surface area contributed by atoms with Crippen LogP contribution in [0.3, 0.4) is 0 Å². The van der Waals surface area contributed by atoms with Gasteiger partial charge in [-0.3, -0.25) is 9.69 Å². The largest absolute Gasteiger partial charge is 0.317 e. The Morgan fingerprint density at radius 3 is 3.06 bits per heavy atom. The molecule has 0 aliphatic carbocycles. The first kappa shape index (κ1) is 11.8. The van der Waals surface area contributed by atoms with Crippen LogP contribution < -0.4 is 10.2 Å². The monoisotopic (exact) mass is 241 g/mol. The van der Waals surface area contributed by atoms with Crippen molar-refractivity contribution in [1.82, 2.24) is 15.2 Å². The van der Waals surface area contributed by atoms with Crippen molar-refractivity contribution in [3.05, 3.63) is 20.7 Å². The molecule has 16 heavy (non-hydrogen) atoms. The Kier molecular flexibility index (Phi) is 3.78. The average molecular weight is 241 g/mol. The topological polar surface area (TPSA) is 48.1 Å². The smallest absolute Gasteiger partial charge is 0.304 e. The van der Waals surface area contributed by atoms with E-state index in [-0.39, 0.29) is 4.87 Å². The van der Waals surface area contributed by atoms with Gasteiger partial charge in [0.15, 0.2) is 0 Å². The number of piperidine rings is 1. The quantitative estimate of drug-likeness (QED) is 0.830. The number of rotatable bonds is 3. The van der Waals surface area contributed by atoms with E-state index in [1.165, 1.54) is 24.2 Å². The van der Waals surface area contributed by atoms with Crippen molar-refractivity contribution < 1.29 is 0 Å². The van der Waals surface area contributed by atoms with Crippen LogP contribution in [0.5, 0.6) is 0 Å².